The summed E-state index contributed by atoms with van der Waals surface area (Å²) in [7, 11) is 0. The number of aryl methyl sites for hydroxylation is 1. The molecule has 2 aliphatic rings. The van der Waals surface area contributed by atoms with Crippen molar-refractivity contribution in [1.29, 1.82) is 0 Å². The number of nitrogens with one attached hydrogen (secondary N) is 1. The normalized spacial score (nSPS) is 18.8. The van der Waals surface area contributed by atoms with E-state index in [-0.39, 0.29) is 29.7 Å². The van der Waals surface area contributed by atoms with Gasteiger partial charge in [-0.05, 0) is 35.6 Å². The maximum absolute atomic E-state index is 13.4. The zero-order chi connectivity index (χ0) is 22.3. The first-order valence-electron chi connectivity index (χ1n) is 10.7. The second-order valence-electron chi connectivity index (χ2n) is 9.71. The van der Waals surface area contributed by atoms with E-state index in [9.17, 15) is 14.4 Å². The Kier molecular flexibility index (Phi) is 5.33. The largest absolute Gasteiger partial charge is 0.338 e. The molecule has 0 aliphatic carbocycles. The first kappa shape index (κ1) is 21.1. The van der Waals surface area contributed by atoms with E-state index in [0.29, 0.717) is 30.8 Å². The number of hydrogen-bond acceptors (Lipinski definition) is 3. The van der Waals surface area contributed by atoms with Crippen LogP contribution in [0.1, 0.15) is 43.1 Å². The summed E-state index contributed by atoms with van der Waals surface area (Å²) in [6, 6.07) is 13.0. The van der Waals surface area contributed by atoms with E-state index in [1.165, 1.54) is 5.56 Å². The smallest absolute Gasteiger partial charge is 0.256 e. The van der Waals surface area contributed by atoms with Crippen LogP contribution in [0, 0.1) is 12.3 Å². The fourth-order valence-corrected chi connectivity index (χ4v) is 4.17. The molecule has 2 aliphatic heterocycles. The summed E-state index contributed by atoms with van der Waals surface area (Å²) in [4.78, 5) is 42.4. The molecule has 0 aromatic heterocycles. The Morgan fingerprint density at radius 3 is 2.39 bits per heavy atom. The average Bonchev–Trinajstić information content (AvgIpc) is 2.82. The molecule has 0 bridgehead atoms. The number of anilines is 1. The van der Waals surface area contributed by atoms with Crippen molar-refractivity contribution >= 4 is 23.4 Å². The number of rotatable bonds is 2. The maximum Gasteiger partial charge on any atom is 0.256 e. The summed E-state index contributed by atoms with van der Waals surface area (Å²) in [5.41, 5.74) is 4.00. The number of nitrogens with zero attached hydrogens (tertiary/aromatic N) is 2. The lowest BCUT2D eigenvalue weighted by Crippen LogP contribution is -2.59. The molecular formula is C25H29N3O3. The SMILES string of the molecule is Cc1ccc(-c2ccc3c(c2)C(=O)N2CCN(C(=O)CC(C)(C)C)CC2C(=O)N3)cc1. The summed E-state index contributed by atoms with van der Waals surface area (Å²) in [6.07, 6.45) is 0.412. The lowest BCUT2D eigenvalue weighted by atomic mass is 9.91. The van der Waals surface area contributed by atoms with Crippen LogP contribution >= 0.6 is 0 Å². The number of fused-ring (bicyclic) bond motifs is 2. The van der Waals surface area contributed by atoms with E-state index in [4.69, 9.17) is 0 Å². The first-order chi connectivity index (χ1) is 14.6. The van der Waals surface area contributed by atoms with Gasteiger partial charge in [0.1, 0.15) is 6.04 Å². The molecule has 0 saturated carbocycles. The molecule has 2 heterocycles. The Labute approximate surface area is 183 Å². The second kappa shape index (κ2) is 7.84. The molecule has 3 amide bonds. The van der Waals surface area contributed by atoms with Crippen molar-refractivity contribution in [3.63, 3.8) is 0 Å². The lowest BCUT2D eigenvalue weighted by molar-refractivity contribution is -0.137. The lowest BCUT2D eigenvalue weighted by Gasteiger charge is -2.40. The Balaban J connectivity index is 1.60. The number of hydrogen-bond donors (Lipinski definition) is 1. The van der Waals surface area contributed by atoms with E-state index >= 15 is 0 Å². The first-order valence-corrected chi connectivity index (χ1v) is 10.7. The monoisotopic (exact) mass is 419 g/mol. The Bertz CT molecular complexity index is 1040. The molecule has 1 N–H and O–H groups in total. The number of benzene rings is 2. The van der Waals surface area contributed by atoms with E-state index in [0.717, 1.165) is 11.1 Å². The fraction of sp³-hybridized carbons (Fsp3) is 0.400. The predicted molar refractivity (Wildman–Crippen MR) is 121 cm³/mol. The van der Waals surface area contributed by atoms with Gasteiger partial charge >= 0.3 is 0 Å². The molecule has 6 nitrogen and oxygen atoms in total. The minimum atomic E-state index is -0.680. The van der Waals surface area contributed by atoms with Crippen molar-refractivity contribution in [3.05, 3.63) is 53.6 Å². The van der Waals surface area contributed by atoms with Crippen LogP contribution in [0.2, 0.25) is 0 Å². The predicted octanol–water partition coefficient (Wildman–Crippen LogP) is 3.70. The standard InChI is InChI=1S/C25H29N3O3/c1-16-5-7-17(8-6-16)18-9-10-20-19(13-18)24(31)28-12-11-27(15-21(28)23(30)26-20)22(29)14-25(2,3)4/h5-10,13,21H,11-12,14-15H2,1-4H3,(H,26,30). The summed E-state index contributed by atoms with van der Waals surface area (Å²) in [5, 5.41) is 2.91. The van der Waals surface area contributed by atoms with Gasteiger partial charge in [-0.25, -0.2) is 0 Å². The molecular weight excluding hydrogens is 390 g/mol. The van der Waals surface area contributed by atoms with Gasteiger partial charge in [-0.1, -0.05) is 56.7 Å². The van der Waals surface area contributed by atoms with Crippen molar-refractivity contribution in [2.45, 2.75) is 40.2 Å². The van der Waals surface area contributed by atoms with Crippen LogP contribution in [0.15, 0.2) is 42.5 Å². The Morgan fingerprint density at radius 2 is 1.71 bits per heavy atom. The average molecular weight is 420 g/mol. The summed E-state index contributed by atoms with van der Waals surface area (Å²) < 4.78 is 0. The van der Waals surface area contributed by atoms with Crippen molar-refractivity contribution in [2.75, 3.05) is 25.0 Å². The Hall–Kier alpha value is -3.15. The summed E-state index contributed by atoms with van der Waals surface area (Å²) >= 11 is 0. The van der Waals surface area contributed by atoms with Gasteiger partial charge in [-0.3, -0.25) is 14.4 Å². The molecule has 4 rings (SSSR count). The zero-order valence-electron chi connectivity index (χ0n) is 18.6. The van der Waals surface area contributed by atoms with Gasteiger partial charge in [-0.15, -0.1) is 0 Å². The number of carbonyl (C=O) groups is 3. The summed E-state index contributed by atoms with van der Waals surface area (Å²) in [6.45, 7) is 9.11. The molecule has 2 aromatic rings. The quantitative estimate of drug-likeness (QED) is 0.807. The molecule has 31 heavy (non-hydrogen) atoms. The topological polar surface area (TPSA) is 69.7 Å². The van der Waals surface area contributed by atoms with Gasteiger partial charge in [0, 0.05) is 19.5 Å². The molecule has 2 aromatic carbocycles. The van der Waals surface area contributed by atoms with Crippen LogP contribution in [0.4, 0.5) is 5.69 Å². The molecule has 6 heteroatoms. The Morgan fingerprint density at radius 1 is 1.03 bits per heavy atom. The third-order valence-corrected chi connectivity index (χ3v) is 5.87. The van der Waals surface area contributed by atoms with Crippen LogP contribution in [0.25, 0.3) is 11.1 Å². The molecule has 0 radical (unpaired) electrons. The second-order valence-corrected chi connectivity index (χ2v) is 9.71. The molecule has 1 saturated heterocycles. The van der Waals surface area contributed by atoms with E-state index in [1.807, 2.05) is 64.1 Å². The minimum Gasteiger partial charge on any atom is -0.338 e. The van der Waals surface area contributed by atoms with Gasteiger partial charge in [0.2, 0.25) is 11.8 Å². The van der Waals surface area contributed by atoms with Gasteiger partial charge in [0.05, 0.1) is 17.8 Å². The highest BCUT2D eigenvalue weighted by Crippen LogP contribution is 2.31. The van der Waals surface area contributed by atoms with Crippen LogP contribution in [0.3, 0.4) is 0 Å². The number of amides is 3. The highest BCUT2D eigenvalue weighted by Gasteiger charge is 2.40. The maximum atomic E-state index is 13.4. The van der Waals surface area contributed by atoms with Crippen molar-refractivity contribution in [3.8, 4) is 11.1 Å². The van der Waals surface area contributed by atoms with Crippen LogP contribution in [0.5, 0.6) is 0 Å². The van der Waals surface area contributed by atoms with Crippen molar-refractivity contribution < 1.29 is 14.4 Å². The van der Waals surface area contributed by atoms with Crippen LogP contribution < -0.4 is 5.32 Å². The van der Waals surface area contributed by atoms with E-state index in [2.05, 4.69) is 5.32 Å². The number of piperazine rings is 1. The van der Waals surface area contributed by atoms with Gasteiger partial charge in [-0.2, -0.15) is 0 Å². The van der Waals surface area contributed by atoms with Crippen LogP contribution in [-0.2, 0) is 9.59 Å². The molecule has 1 unspecified atom stereocenters. The fourth-order valence-electron chi connectivity index (χ4n) is 4.17. The molecule has 162 valence electrons. The van der Waals surface area contributed by atoms with Crippen molar-refractivity contribution in [1.82, 2.24) is 9.80 Å². The minimum absolute atomic E-state index is 0.0239. The van der Waals surface area contributed by atoms with Gasteiger partial charge in [0.15, 0.2) is 0 Å². The third-order valence-electron chi connectivity index (χ3n) is 5.87. The summed E-state index contributed by atoms with van der Waals surface area (Å²) in [5.74, 6) is -0.394. The highest BCUT2D eigenvalue weighted by molar-refractivity contribution is 6.10. The van der Waals surface area contributed by atoms with E-state index in [1.54, 1.807) is 15.9 Å². The van der Waals surface area contributed by atoms with Gasteiger partial charge < -0.3 is 15.1 Å². The number of carbonyl (C=O) groups excluding carboxylic acids is 3. The highest BCUT2D eigenvalue weighted by atomic mass is 16.2. The molecule has 0 spiro atoms. The van der Waals surface area contributed by atoms with E-state index < -0.39 is 6.04 Å². The van der Waals surface area contributed by atoms with Crippen LogP contribution in [-0.4, -0.2) is 53.2 Å². The van der Waals surface area contributed by atoms with Crippen molar-refractivity contribution in [2.24, 2.45) is 5.41 Å². The zero-order valence-corrected chi connectivity index (χ0v) is 18.6. The molecule has 1 atom stereocenters. The third kappa shape index (κ3) is 4.33. The molecule has 1 fully saturated rings. The van der Waals surface area contributed by atoms with Gasteiger partial charge in [0.25, 0.3) is 5.91 Å².